The molecule has 1 aliphatic rings. The van der Waals surface area contributed by atoms with Crippen molar-refractivity contribution in [1.29, 1.82) is 0 Å². The summed E-state index contributed by atoms with van der Waals surface area (Å²) >= 11 is 0. The van der Waals surface area contributed by atoms with Crippen molar-refractivity contribution in [2.24, 2.45) is 0 Å². The largest absolute Gasteiger partial charge is 0.495 e. The fraction of sp³-hybridized carbons (Fsp3) is 0.526. The van der Waals surface area contributed by atoms with Crippen molar-refractivity contribution in [1.82, 2.24) is 14.8 Å². The van der Waals surface area contributed by atoms with Crippen molar-refractivity contribution in [3.8, 4) is 17.1 Å². The molecular weight excluding hydrogens is 382 g/mol. The highest BCUT2D eigenvalue weighted by Gasteiger charge is 2.22. The summed E-state index contributed by atoms with van der Waals surface area (Å²) in [5.41, 5.74) is 2.30. The van der Waals surface area contributed by atoms with Crippen LogP contribution in [0.3, 0.4) is 0 Å². The van der Waals surface area contributed by atoms with E-state index in [-0.39, 0.29) is 4.90 Å². The molecule has 9 heteroatoms. The normalized spacial score (nSPS) is 15.7. The number of aromatic nitrogens is 1. The van der Waals surface area contributed by atoms with Crippen molar-refractivity contribution in [3.63, 3.8) is 0 Å². The zero-order chi connectivity index (χ0) is 20.1. The number of methoxy groups -OCH3 is 1. The van der Waals surface area contributed by atoms with Crippen LogP contribution in [0.15, 0.2) is 27.6 Å². The highest BCUT2D eigenvalue weighted by Crippen LogP contribution is 2.32. The van der Waals surface area contributed by atoms with Crippen LogP contribution in [-0.2, 0) is 14.8 Å². The molecule has 8 nitrogen and oxygen atoms in total. The fourth-order valence-corrected chi connectivity index (χ4v) is 4.39. The number of ether oxygens (including phenoxy) is 2. The smallest absolute Gasteiger partial charge is 0.244 e. The average molecular weight is 410 g/mol. The molecule has 1 N–H and O–H groups in total. The van der Waals surface area contributed by atoms with Crippen LogP contribution in [0, 0.1) is 13.8 Å². The minimum absolute atomic E-state index is 0.0901. The summed E-state index contributed by atoms with van der Waals surface area (Å²) in [7, 11) is -2.27. The lowest BCUT2D eigenvalue weighted by Gasteiger charge is -2.26. The highest BCUT2D eigenvalue weighted by atomic mass is 32.2. The molecule has 2 heterocycles. The second-order valence-corrected chi connectivity index (χ2v) is 8.53. The number of hydrogen-bond donors (Lipinski definition) is 1. The van der Waals surface area contributed by atoms with Gasteiger partial charge in [0.15, 0.2) is 5.76 Å². The first-order valence-corrected chi connectivity index (χ1v) is 10.8. The molecule has 0 aliphatic carbocycles. The van der Waals surface area contributed by atoms with Crippen LogP contribution >= 0.6 is 0 Å². The number of benzene rings is 1. The number of aryl methyl sites for hydroxylation is 1. The van der Waals surface area contributed by atoms with E-state index in [2.05, 4.69) is 14.8 Å². The van der Waals surface area contributed by atoms with Gasteiger partial charge in [-0.3, -0.25) is 4.90 Å². The van der Waals surface area contributed by atoms with Crippen molar-refractivity contribution < 1.29 is 22.4 Å². The van der Waals surface area contributed by atoms with Crippen LogP contribution in [0.25, 0.3) is 11.3 Å². The maximum Gasteiger partial charge on any atom is 0.244 e. The minimum atomic E-state index is -3.72. The molecule has 0 bridgehead atoms. The molecule has 0 amide bonds. The molecule has 1 aromatic carbocycles. The Labute approximate surface area is 165 Å². The Balaban J connectivity index is 1.72. The van der Waals surface area contributed by atoms with E-state index in [0.29, 0.717) is 23.6 Å². The van der Waals surface area contributed by atoms with Crippen LogP contribution in [0.5, 0.6) is 5.75 Å². The summed E-state index contributed by atoms with van der Waals surface area (Å²) in [5, 5.41) is 3.95. The number of nitrogens with one attached hydrogen (secondary N) is 1. The van der Waals surface area contributed by atoms with E-state index in [1.54, 1.807) is 18.2 Å². The van der Waals surface area contributed by atoms with Gasteiger partial charge in [-0.05, 0) is 45.0 Å². The van der Waals surface area contributed by atoms with E-state index in [0.717, 1.165) is 50.5 Å². The second kappa shape index (κ2) is 9.04. The second-order valence-electron chi connectivity index (χ2n) is 6.79. The van der Waals surface area contributed by atoms with Crippen LogP contribution in [0.1, 0.15) is 17.7 Å². The van der Waals surface area contributed by atoms with Gasteiger partial charge in [0.1, 0.15) is 10.6 Å². The lowest BCUT2D eigenvalue weighted by atomic mass is 10.1. The maximum absolute atomic E-state index is 12.9. The van der Waals surface area contributed by atoms with E-state index in [1.807, 2.05) is 13.8 Å². The number of nitrogens with zero attached hydrogens (tertiary/aromatic N) is 2. The van der Waals surface area contributed by atoms with Gasteiger partial charge in [0, 0.05) is 30.8 Å². The quantitative estimate of drug-likeness (QED) is 0.666. The Morgan fingerprint density at radius 3 is 2.64 bits per heavy atom. The lowest BCUT2D eigenvalue weighted by Crippen LogP contribution is -2.38. The van der Waals surface area contributed by atoms with Gasteiger partial charge in [-0.25, -0.2) is 13.1 Å². The van der Waals surface area contributed by atoms with Crippen LogP contribution in [0.4, 0.5) is 0 Å². The summed E-state index contributed by atoms with van der Waals surface area (Å²) in [6.07, 6.45) is 0.724. The molecule has 0 atom stereocenters. The monoisotopic (exact) mass is 409 g/mol. The first-order chi connectivity index (χ1) is 13.4. The van der Waals surface area contributed by atoms with E-state index in [1.165, 1.54) is 7.11 Å². The number of sulfonamides is 1. The van der Waals surface area contributed by atoms with Gasteiger partial charge >= 0.3 is 0 Å². The zero-order valence-electron chi connectivity index (χ0n) is 16.5. The topological polar surface area (TPSA) is 93.9 Å². The van der Waals surface area contributed by atoms with Gasteiger partial charge in [0.2, 0.25) is 10.0 Å². The SMILES string of the molecule is COc1ccc(-c2onc(C)c2C)cc1S(=O)(=O)NCCCN1CCOCC1. The first-order valence-electron chi connectivity index (χ1n) is 9.33. The number of rotatable bonds is 8. The summed E-state index contributed by atoms with van der Waals surface area (Å²) in [6, 6.07) is 4.97. The Morgan fingerprint density at radius 2 is 2.00 bits per heavy atom. The number of hydrogen-bond acceptors (Lipinski definition) is 7. The van der Waals surface area contributed by atoms with E-state index >= 15 is 0 Å². The molecule has 3 rings (SSSR count). The molecule has 0 radical (unpaired) electrons. The molecule has 0 saturated carbocycles. The Bertz CT molecular complexity index is 904. The molecule has 1 fully saturated rings. The molecule has 28 heavy (non-hydrogen) atoms. The van der Waals surface area contributed by atoms with Gasteiger partial charge in [0.25, 0.3) is 0 Å². The van der Waals surface area contributed by atoms with Gasteiger partial charge in [-0.1, -0.05) is 5.16 Å². The van der Waals surface area contributed by atoms with Crippen LogP contribution in [-0.4, -0.2) is 65.0 Å². The third kappa shape index (κ3) is 4.72. The summed E-state index contributed by atoms with van der Waals surface area (Å²) in [6.45, 7) is 8.17. The van der Waals surface area contributed by atoms with E-state index in [4.69, 9.17) is 14.0 Å². The van der Waals surface area contributed by atoms with Gasteiger partial charge in [-0.15, -0.1) is 0 Å². The van der Waals surface area contributed by atoms with Gasteiger partial charge in [0.05, 0.1) is 26.0 Å². The highest BCUT2D eigenvalue weighted by molar-refractivity contribution is 7.89. The minimum Gasteiger partial charge on any atom is -0.495 e. The first kappa shape index (κ1) is 20.8. The van der Waals surface area contributed by atoms with Gasteiger partial charge in [-0.2, -0.15) is 0 Å². The number of morpholine rings is 1. The molecule has 154 valence electrons. The van der Waals surface area contributed by atoms with E-state index < -0.39 is 10.0 Å². The van der Waals surface area contributed by atoms with Crippen molar-refractivity contribution in [2.75, 3.05) is 46.5 Å². The predicted molar refractivity (Wildman–Crippen MR) is 105 cm³/mol. The molecule has 0 spiro atoms. The summed E-state index contributed by atoms with van der Waals surface area (Å²) < 4.78 is 44.4. The Kier molecular flexibility index (Phi) is 6.71. The molecule has 2 aromatic rings. The average Bonchev–Trinajstić information content (AvgIpc) is 3.04. The van der Waals surface area contributed by atoms with Crippen molar-refractivity contribution >= 4 is 10.0 Å². The molecule has 1 aromatic heterocycles. The summed E-state index contributed by atoms with van der Waals surface area (Å²) in [4.78, 5) is 2.36. The van der Waals surface area contributed by atoms with Gasteiger partial charge < -0.3 is 14.0 Å². The predicted octanol–water partition coefficient (Wildman–Crippen LogP) is 1.97. The van der Waals surface area contributed by atoms with E-state index in [9.17, 15) is 8.42 Å². The van der Waals surface area contributed by atoms with Crippen LogP contribution < -0.4 is 9.46 Å². The lowest BCUT2D eigenvalue weighted by molar-refractivity contribution is 0.0376. The van der Waals surface area contributed by atoms with Crippen molar-refractivity contribution in [2.45, 2.75) is 25.2 Å². The third-order valence-electron chi connectivity index (χ3n) is 4.92. The Hall–Kier alpha value is -1.94. The molecule has 1 saturated heterocycles. The molecule has 1 aliphatic heterocycles. The summed E-state index contributed by atoms with van der Waals surface area (Å²) in [5.74, 6) is 0.849. The van der Waals surface area contributed by atoms with Crippen molar-refractivity contribution in [3.05, 3.63) is 29.5 Å². The molecular formula is C19H27N3O5S. The molecule has 0 unspecified atom stereocenters. The fourth-order valence-electron chi connectivity index (χ4n) is 3.12. The maximum atomic E-state index is 12.9. The zero-order valence-corrected chi connectivity index (χ0v) is 17.3. The standard InChI is InChI=1S/C19H27N3O5S/c1-14-15(2)21-27-19(14)16-5-6-17(25-3)18(13-16)28(23,24)20-7-4-8-22-9-11-26-12-10-22/h5-6,13,20H,4,7-12H2,1-3H3. The van der Waals surface area contributed by atoms with Crippen LogP contribution in [0.2, 0.25) is 0 Å². The third-order valence-corrected chi connectivity index (χ3v) is 6.40. The Morgan fingerprint density at radius 1 is 1.25 bits per heavy atom.